The average Bonchev–Trinajstić information content (AvgIpc) is 2.93. The third-order valence-corrected chi connectivity index (χ3v) is 5.95. The molecule has 0 saturated carbocycles. The van der Waals surface area contributed by atoms with E-state index in [0.717, 1.165) is 10.7 Å². The van der Waals surface area contributed by atoms with Gasteiger partial charge >= 0.3 is 0 Å². The van der Waals surface area contributed by atoms with E-state index in [0.29, 0.717) is 23.0 Å². The Labute approximate surface area is 152 Å². The fraction of sp³-hybridized carbons (Fsp3) is 0.412. The average molecular weight is 382 g/mol. The van der Waals surface area contributed by atoms with E-state index in [4.69, 9.17) is 10.5 Å². The second-order valence-corrected chi connectivity index (χ2v) is 7.60. The van der Waals surface area contributed by atoms with Crippen LogP contribution in [0.2, 0.25) is 0 Å². The minimum Gasteiger partial charge on any atom is -0.379 e. The first-order valence-corrected chi connectivity index (χ1v) is 9.12. The summed E-state index contributed by atoms with van der Waals surface area (Å²) >= 11 is 1.39. The summed E-state index contributed by atoms with van der Waals surface area (Å²) in [6, 6.07) is 4.78. The minimum absolute atomic E-state index is 0.0599. The third kappa shape index (κ3) is 2.79. The maximum atomic E-state index is 14.5. The second-order valence-electron chi connectivity index (χ2n) is 6.56. The van der Waals surface area contributed by atoms with Crippen molar-refractivity contribution in [2.24, 2.45) is 23.7 Å². The molecule has 1 saturated heterocycles. The van der Waals surface area contributed by atoms with E-state index in [1.807, 2.05) is 0 Å². The van der Waals surface area contributed by atoms with Crippen molar-refractivity contribution in [2.45, 2.75) is 18.1 Å². The normalized spacial score (nSPS) is 28.5. The maximum absolute atomic E-state index is 14.5. The molecule has 26 heavy (non-hydrogen) atoms. The Kier molecular flexibility index (Phi) is 4.23. The van der Waals surface area contributed by atoms with Crippen molar-refractivity contribution >= 4 is 16.9 Å². The highest BCUT2D eigenvalue weighted by atomic mass is 32.2. The number of halogens is 3. The van der Waals surface area contributed by atoms with Crippen LogP contribution in [0.3, 0.4) is 0 Å². The number of aliphatic imine (C=N–C) groups is 1. The number of aromatic nitrogens is 2. The number of thioether (sulfide) groups is 1. The first-order chi connectivity index (χ1) is 12.4. The number of fused-ring (bicyclic) bond motifs is 1. The number of ether oxygens (including phenoxy) is 1. The van der Waals surface area contributed by atoms with E-state index < -0.39 is 29.2 Å². The lowest BCUT2D eigenvalue weighted by Gasteiger charge is -2.46. The zero-order valence-electron chi connectivity index (χ0n) is 14.0. The fourth-order valence-electron chi connectivity index (χ4n) is 3.64. The van der Waals surface area contributed by atoms with Crippen molar-refractivity contribution in [1.29, 1.82) is 0 Å². The molecule has 0 radical (unpaired) electrons. The number of benzene rings is 1. The van der Waals surface area contributed by atoms with Crippen molar-refractivity contribution in [2.75, 3.05) is 12.4 Å². The molecule has 0 amide bonds. The molecule has 2 aromatic rings. The Morgan fingerprint density at radius 3 is 2.81 bits per heavy atom. The molecule has 1 aromatic carbocycles. The van der Waals surface area contributed by atoms with Crippen LogP contribution < -0.4 is 5.73 Å². The number of nitrogens with two attached hydrogens (primary N) is 1. The molecule has 1 unspecified atom stereocenters. The topological polar surface area (TPSA) is 65.4 Å². The SMILES string of the molecule is Cn1nc([C@H]2CC3CSC(N)=N[C@@]3(c3ccc(F)cc3F)CO2)cc1F. The van der Waals surface area contributed by atoms with Crippen LogP contribution in [0.4, 0.5) is 13.2 Å². The van der Waals surface area contributed by atoms with Crippen molar-refractivity contribution in [1.82, 2.24) is 9.78 Å². The van der Waals surface area contributed by atoms with Gasteiger partial charge in [0.1, 0.15) is 23.3 Å². The molecule has 1 fully saturated rings. The van der Waals surface area contributed by atoms with E-state index in [2.05, 4.69) is 10.1 Å². The predicted octanol–water partition coefficient (Wildman–Crippen LogP) is 2.87. The van der Waals surface area contributed by atoms with Crippen molar-refractivity contribution in [3.63, 3.8) is 0 Å². The van der Waals surface area contributed by atoms with Gasteiger partial charge in [0.2, 0.25) is 5.95 Å². The van der Waals surface area contributed by atoms with E-state index in [9.17, 15) is 13.2 Å². The molecule has 4 rings (SSSR count). The molecule has 0 spiro atoms. The van der Waals surface area contributed by atoms with Gasteiger partial charge in [-0.1, -0.05) is 17.8 Å². The zero-order chi connectivity index (χ0) is 18.5. The largest absolute Gasteiger partial charge is 0.379 e. The zero-order valence-corrected chi connectivity index (χ0v) is 14.8. The number of aryl methyl sites for hydroxylation is 1. The standard InChI is InChI=1S/C17H17F3N4OS/c1-24-15(20)6-13(23-24)14-4-9-7-26-16(21)22-17(9,8-25-14)11-3-2-10(18)5-12(11)19/h2-3,5-6,9,14H,4,7-8H2,1H3,(H2,21,22)/t9?,14-,17+/m1/s1. The molecule has 0 bridgehead atoms. The van der Waals surface area contributed by atoms with Crippen LogP contribution in [0.25, 0.3) is 0 Å². The molecule has 9 heteroatoms. The molecule has 2 aliphatic heterocycles. The van der Waals surface area contributed by atoms with Crippen LogP contribution in [0.15, 0.2) is 29.3 Å². The molecular weight excluding hydrogens is 365 g/mol. The monoisotopic (exact) mass is 382 g/mol. The van der Waals surface area contributed by atoms with Gasteiger partial charge in [0.15, 0.2) is 5.17 Å². The smallest absolute Gasteiger partial charge is 0.211 e. The van der Waals surface area contributed by atoms with Crippen LogP contribution in [-0.4, -0.2) is 27.3 Å². The van der Waals surface area contributed by atoms with Gasteiger partial charge in [-0.05, 0) is 12.5 Å². The van der Waals surface area contributed by atoms with E-state index in [1.165, 1.54) is 37.0 Å². The Balaban J connectivity index is 1.72. The molecule has 1 aromatic heterocycles. The maximum Gasteiger partial charge on any atom is 0.211 e. The highest BCUT2D eigenvalue weighted by molar-refractivity contribution is 8.13. The Morgan fingerprint density at radius 2 is 2.12 bits per heavy atom. The molecule has 2 aliphatic rings. The number of amidine groups is 1. The van der Waals surface area contributed by atoms with Crippen LogP contribution in [0.5, 0.6) is 0 Å². The van der Waals surface area contributed by atoms with Crippen LogP contribution in [0, 0.1) is 23.5 Å². The molecular formula is C17H17F3N4OS. The lowest BCUT2D eigenvalue weighted by molar-refractivity contribution is -0.0608. The van der Waals surface area contributed by atoms with Gasteiger partial charge in [-0.3, -0.25) is 0 Å². The molecule has 138 valence electrons. The van der Waals surface area contributed by atoms with Crippen LogP contribution in [0.1, 0.15) is 23.8 Å². The van der Waals surface area contributed by atoms with Gasteiger partial charge in [-0.2, -0.15) is 9.49 Å². The molecule has 3 atom stereocenters. The van der Waals surface area contributed by atoms with Gasteiger partial charge < -0.3 is 10.5 Å². The highest BCUT2D eigenvalue weighted by Gasteiger charge is 2.50. The predicted molar refractivity (Wildman–Crippen MR) is 92.1 cm³/mol. The van der Waals surface area contributed by atoms with Crippen LogP contribution >= 0.6 is 11.8 Å². The van der Waals surface area contributed by atoms with Gasteiger partial charge in [0.05, 0.1) is 12.3 Å². The lowest BCUT2D eigenvalue weighted by atomic mass is 9.74. The van der Waals surface area contributed by atoms with Crippen molar-refractivity contribution < 1.29 is 17.9 Å². The van der Waals surface area contributed by atoms with Gasteiger partial charge in [-0.15, -0.1) is 0 Å². The molecule has 5 nitrogen and oxygen atoms in total. The number of rotatable bonds is 2. The van der Waals surface area contributed by atoms with Crippen LogP contribution in [-0.2, 0) is 17.3 Å². The fourth-order valence-corrected chi connectivity index (χ4v) is 4.65. The third-order valence-electron chi connectivity index (χ3n) is 4.99. The number of hydrogen-bond acceptors (Lipinski definition) is 5. The summed E-state index contributed by atoms with van der Waals surface area (Å²) in [5.41, 5.74) is 5.65. The van der Waals surface area contributed by atoms with Gasteiger partial charge in [0.25, 0.3) is 0 Å². The molecule has 3 heterocycles. The summed E-state index contributed by atoms with van der Waals surface area (Å²) in [5, 5.41) is 4.48. The summed E-state index contributed by atoms with van der Waals surface area (Å²) in [5.74, 6) is -1.28. The van der Waals surface area contributed by atoms with Gasteiger partial charge in [0, 0.05) is 36.4 Å². The summed E-state index contributed by atoms with van der Waals surface area (Å²) < 4.78 is 48.6. The second kappa shape index (κ2) is 6.31. The Morgan fingerprint density at radius 1 is 1.31 bits per heavy atom. The van der Waals surface area contributed by atoms with Gasteiger partial charge in [-0.25, -0.2) is 18.5 Å². The van der Waals surface area contributed by atoms with E-state index >= 15 is 0 Å². The quantitative estimate of drug-likeness (QED) is 0.868. The molecule has 0 aliphatic carbocycles. The van der Waals surface area contributed by atoms with E-state index in [-0.39, 0.29) is 18.1 Å². The number of hydrogen-bond donors (Lipinski definition) is 1. The number of nitrogens with zero attached hydrogens (tertiary/aromatic N) is 3. The first-order valence-electron chi connectivity index (χ1n) is 8.14. The summed E-state index contributed by atoms with van der Waals surface area (Å²) in [6.45, 7) is 0.0599. The lowest BCUT2D eigenvalue weighted by Crippen LogP contribution is -2.48. The summed E-state index contributed by atoms with van der Waals surface area (Å²) in [4.78, 5) is 4.52. The summed E-state index contributed by atoms with van der Waals surface area (Å²) in [7, 11) is 1.52. The minimum atomic E-state index is -1.02. The summed E-state index contributed by atoms with van der Waals surface area (Å²) in [6.07, 6.45) is 0.0688. The molecule has 2 N–H and O–H groups in total. The van der Waals surface area contributed by atoms with Crippen molar-refractivity contribution in [3.05, 3.63) is 53.1 Å². The van der Waals surface area contributed by atoms with Crippen molar-refractivity contribution in [3.8, 4) is 0 Å². The highest BCUT2D eigenvalue weighted by Crippen LogP contribution is 2.49. The Bertz CT molecular complexity index is 867. The van der Waals surface area contributed by atoms with E-state index in [1.54, 1.807) is 0 Å². The Hall–Kier alpha value is -2.00. The first kappa shape index (κ1) is 17.4.